The van der Waals surface area contributed by atoms with Crippen LogP contribution in [0.25, 0.3) is 0 Å². The molecule has 3 N–H and O–H groups in total. The predicted octanol–water partition coefficient (Wildman–Crippen LogP) is 2.58. The van der Waals surface area contributed by atoms with Gasteiger partial charge in [-0.25, -0.2) is 0 Å². The van der Waals surface area contributed by atoms with Gasteiger partial charge in [0, 0.05) is 22.9 Å². The standard InChI is InChI=1S/C13H15BrN4O/c1-3-8-7-12(18(2)17-8)13(19)16-9-4-5-10(14)11(15)6-9/h4-7H,3,15H2,1-2H3,(H,16,19). The number of hydrogen-bond donors (Lipinski definition) is 2. The molecule has 0 radical (unpaired) electrons. The molecule has 2 aromatic rings. The number of aromatic nitrogens is 2. The highest BCUT2D eigenvalue weighted by Crippen LogP contribution is 2.23. The topological polar surface area (TPSA) is 72.9 Å². The second-order valence-corrected chi connectivity index (χ2v) is 5.04. The molecule has 0 fully saturated rings. The van der Waals surface area contributed by atoms with Crippen molar-refractivity contribution >= 4 is 33.2 Å². The third-order valence-electron chi connectivity index (χ3n) is 2.78. The van der Waals surface area contributed by atoms with E-state index in [9.17, 15) is 4.79 Å². The lowest BCUT2D eigenvalue weighted by molar-refractivity contribution is 0.101. The van der Waals surface area contributed by atoms with Crippen LogP contribution >= 0.6 is 15.9 Å². The van der Waals surface area contributed by atoms with Crippen LogP contribution in [0.1, 0.15) is 23.1 Å². The molecular weight excluding hydrogens is 308 g/mol. The van der Waals surface area contributed by atoms with E-state index in [4.69, 9.17) is 5.73 Å². The van der Waals surface area contributed by atoms with Crippen molar-refractivity contribution < 1.29 is 4.79 Å². The molecule has 1 heterocycles. The highest BCUT2D eigenvalue weighted by atomic mass is 79.9. The van der Waals surface area contributed by atoms with E-state index in [-0.39, 0.29) is 5.91 Å². The van der Waals surface area contributed by atoms with E-state index < -0.39 is 0 Å². The lowest BCUT2D eigenvalue weighted by Crippen LogP contribution is -2.16. The van der Waals surface area contributed by atoms with Crippen molar-refractivity contribution in [1.82, 2.24) is 9.78 Å². The van der Waals surface area contributed by atoms with Crippen LogP contribution in [0.4, 0.5) is 11.4 Å². The molecule has 1 aromatic heterocycles. The number of amides is 1. The normalized spacial score (nSPS) is 10.5. The number of nitrogens with one attached hydrogen (secondary N) is 1. The zero-order chi connectivity index (χ0) is 14.0. The van der Waals surface area contributed by atoms with Gasteiger partial charge in [0.1, 0.15) is 5.69 Å². The van der Waals surface area contributed by atoms with Crippen molar-refractivity contribution in [1.29, 1.82) is 0 Å². The lowest BCUT2D eigenvalue weighted by atomic mass is 10.2. The van der Waals surface area contributed by atoms with Gasteiger partial charge in [0.2, 0.25) is 0 Å². The monoisotopic (exact) mass is 322 g/mol. The first kappa shape index (κ1) is 13.6. The maximum atomic E-state index is 12.1. The summed E-state index contributed by atoms with van der Waals surface area (Å²) in [5.74, 6) is -0.198. The van der Waals surface area contributed by atoms with Crippen molar-refractivity contribution in [3.05, 3.63) is 40.1 Å². The van der Waals surface area contributed by atoms with Crippen LogP contribution in [0, 0.1) is 0 Å². The first-order valence-corrected chi connectivity index (χ1v) is 6.70. The smallest absolute Gasteiger partial charge is 0.273 e. The number of nitrogens with zero attached hydrogens (tertiary/aromatic N) is 2. The fraction of sp³-hybridized carbons (Fsp3) is 0.231. The zero-order valence-corrected chi connectivity index (χ0v) is 12.4. The largest absolute Gasteiger partial charge is 0.398 e. The van der Waals surface area contributed by atoms with Gasteiger partial charge in [-0.1, -0.05) is 6.92 Å². The fourth-order valence-electron chi connectivity index (χ4n) is 1.73. The summed E-state index contributed by atoms with van der Waals surface area (Å²) in [6.45, 7) is 2.00. The number of carbonyl (C=O) groups is 1. The molecule has 0 saturated carbocycles. The number of halogens is 1. The zero-order valence-electron chi connectivity index (χ0n) is 10.8. The first-order valence-electron chi connectivity index (χ1n) is 5.90. The van der Waals surface area contributed by atoms with E-state index in [0.29, 0.717) is 17.1 Å². The minimum absolute atomic E-state index is 0.198. The maximum absolute atomic E-state index is 12.1. The molecule has 0 aliphatic carbocycles. The number of carbonyl (C=O) groups excluding carboxylic acids is 1. The molecule has 0 bridgehead atoms. The average molecular weight is 323 g/mol. The van der Waals surface area contributed by atoms with Gasteiger partial charge in [-0.3, -0.25) is 9.48 Å². The number of nitrogen functional groups attached to an aromatic ring is 1. The van der Waals surface area contributed by atoms with Crippen molar-refractivity contribution in [2.75, 3.05) is 11.1 Å². The minimum Gasteiger partial charge on any atom is -0.398 e. The van der Waals surface area contributed by atoms with Crippen molar-refractivity contribution in [3.63, 3.8) is 0 Å². The molecule has 6 heteroatoms. The van der Waals surface area contributed by atoms with Crippen LogP contribution in [0.2, 0.25) is 0 Å². The Hall–Kier alpha value is -1.82. The van der Waals surface area contributed by atoms with Gasteiger partial charge in [0.15, 0.2) is 0 Å². The molecular formula is C13H15BrN4O. The second kappa shape index (κ2) is 5.44. The Labute approximate surface area is 119 Å². The summed E-state index contributed by atoms with van der Waals surface area (Å²) in [6.07, 6.45) is 0.798. The quantitative estimate of drug-likeness (QED) is 0.853. The van der Waals surface area contributed by atoms with Gasteiger partial charge in [0.05, 0.1) is 5.69 Å². The van der Waals surface area contributed by atoms with Crippen LogP contribution in [0.5, 0.6) is 0 Å². The Bertz CT molecular complexity index is 621. The van der Waals surface area contributed by atoms with Crippen LogP contribution in [-0.2, 0) is 13.5 Å². The van der Waals surface area contributed by atoms with Crippen molar-refractivity contribution in [2.24, 2.45) is 7.05 Å². The first-order chi connectivity index (χ1) is 9.01. The summed E-state index contributed by atoms with van der Waals surface area (Å²) >= 11 is 3.31. The summed E-state index contributed by atoms with van der Waals surface area (Å²) < 4.78 is 2.38. The number of benzene rings is 1. The molecule has 0 unspecified atom stereocenters. The molecule has 1 aromatic carbocycles. The van der Waals surface area contributed by atoms with Gasteiger partial charge < -0.3 is 11.1 Å². The number of hydrogen-bond acceptors (Lipinski definition) is 3. The molecule has 5 nitrogen and oxygen atoms in total. The Morgan fingerprint density at radius 1 is 1.47 bits per heavy atom. The Morgan fingerprint density at radius 3 is 2.79 bits per heavy atom. The summed E-state index contributed by atoms with van der Waals surface area (Å²) in [4.78, 5) is 12.1. The molecule has 19 heavy (non-hydrogen) atoms. The highest BCUT2D eigenvalue weighted by molar-refractivity contribution is 9.10. The molecule has 0 aliphatic rings. The van der Waals surface area contributed by atoms with Crippen LogP contribution in [-0.4, -0.2) is 15.7 Å². The van der Waals surface area contributed by atoms with Crippen LogP contribution < -0.4 is 11.1 Å². The second-order valence-electron chi connectivity index (χ2n) is 4.19. The average Bonchev–Trinajstić information content (AvgIpc) is 2.75. The van der Waals surface area contributed by atoms with Gasteiger partial charge in [-0.15, -0.1) is 0 Å². The van der Waals surface area contributed by atoms with E-state index in [1.807, 2.05) is 6.92 Å². The molecule has 0 spiro atoms. The number of aryl methyl sites for hydroxylation is 2. The Morgan fingerprint density at radius 2 is 2.21 bits per heavy atom. The van der Waals surface area contributed by atoms with Crippen molar-refractivity contribution in [3.8, 4) is 0 Å². The van der Waals surface area contributed by atoms with Crippen LogP contribution in [0.3, 0.4) is 0 Å². The summed E-state index contributed by atoms with van der Waals surface area (Å²) in [5.41, 5.74) is 8.43. The molecule has 0 saturated heterocycles. The van der Waals surface area contributed by atoms with E-state index in [1.165, 1.54) is 0 Å². The van der Waals surface area contributed by atoms with Crippen molar-refractivity contribution in [2.45, 2.75) is 13.3 Å². The Kier molecular flexibility index (Phi) is 3.90. The van der Waals surface area contributed by atoms with E-state index >= 15 is 0 Å². The number of anilines is 2. The minimum atomic E-state index is -0.198. The lowest BCUT2D eigenvalue weighted by Gasteiger charge is -2.07. The molecule has 100 valence electrons. The molecule has 2 rings (SSSR count). The third-order valence-corrected chi connectivity index (χ3v) is 3.50. The summed E-state index contributed by atoms with van der Waals surface area (Å²) in [6, 6.07) is 7.08. The molecule has 0 aliphatic heterocycles. The highest BCUT2D eigenvalue weighted by Gasteiger charge is 2.13. The molecule has 0 atom stereocenters. The van der Waals surface area contributed by atoms with Gasteiger partial charge in [0.25, 0.3) is 5.91 Å². The molecule has 1 amide bonds. The predicted molar refractivity (Wildman–Crippen MR) is 79.1 cm³/mol. The summed E-state index contributed by atoms with van der Waals surface area (Å²) in [5, 5.41) is 7.05. The third kappa shape index (κ3) is 2.96. The number of rotatable bonds is 3. The SMILES string of the molecule is CCc1cc(C(=O)Nc2ccc(Br)c(N)c2)n(C)n1. The van der Waals surface area contributed by atoms with Gasteiger partial charge >= 0.3 is 0 Å². The van der Waals surface area contributed by atoms with Gasteiger partial charge in [-0.2, -0.15) is 5.10 Å². The summed E-state index contributed by atoms with van der Waals surface area (Å²) in [7, 11) is 1.75. The van der Waals surface area contributed by atoms with E-state index in [0.717, 1.165) is 16.6 Å². The van der Waals surface area contributed by atoms with E-state index in [2.05, 4.69) is 26.3 Å². The van der Waals surface area contributed by atoms with Gasteiger partial charge in [-0.05, 0) is 46.6 Å². The Balaban J connectivity index is 2.20. The maximum Gasteiger partial charge on any atom is 0.273 e. The van der Waals surface area contributed by atoms with Crippen LogP contribution in [0.15, 0.2) is 28.7 Å². The number of nitrogens with two attached hydrogens (primary N) is 1. The fourth-order valence-corrected chi connectivity index (χ4v) is 1.98. The van der Waals surface area contributed by atoms with E-state index in [1.54, 1.807) is 36.0 Å².